The van der Waals surface area contributed by atoms with Crippen molar-refractivity contribution in [2.24, 2.45) is 4.99 Å². The lowest BCUT2D eigenvalue weighted by atomic mass is 10.1. The Morgan fingerprint density at radius 3 is 2.68 bits per heavy atom. The van der Waals surface area contributed by atoms with Gasteiger partial charge in [-0.05, 0) is 42.8 Å². The van der Waals surface area contributed by atoms with Crippen LogP contribution in [-0.4, -0.2) is 25.6 Å². The minimum atomic E-state index is -2.95. The fraction of sp³-hybridized carbons (Fsp3) is 0.176. The Labute approximate surface area is 146 Å². The number of alkyl halides is 2. The van der Waals surface area contributed by atoms with Crippen LogP contribution in [-0.2, 0) is 9.53 Å². The van der Waals surface area contributed by atoms with Crippen LogP contribution in [0.5, 0.6) is 11.5 Å². The first-order chi connectivity index (χ1) is 12.0. The lowest BCUT2D eigenvalue weighted by molar-refractivity contribution is -0.129. The van der Waals surface area contributed by atoms with Crippen molar-refractivity contribution in [2.75, 3.05) is 7.11 Å². The van der Waals surface area contributed by atoms with Crippen molar-refractivity contribution in [1.29, 1.82) is 0 Å². The molecule has 3 rings (SSSR count). The number of esters is 1. The molecule has 0 saturated heterocycles. The van der Waals surface area contributed by atoms with Crippen LogP contribution in [0.1, 0.15) is 15.3 Å². The predicted molar refractivity (Wildman–Crippen MR) is 89.3 cm³/mol. The number of methoxy groups -OCH3 is 1. The van der Waals surface area contributed by atoms with E-state index in [4.69, 9.17) is 9.47 Å². The molecule has 130 valence electrons. The van der Waals surface area contributed by atoms with Crippen LogP contribution in [0.25, 0.3) is 6.08 Å². The van der Waals surface area contributed by atoms with Crippen molar-refractivity contribution < 1.29 is 27.8 Å². The average molecular weight is 365 g/mol. The van der Waals surface area contributed by atoms with Crippen LogP contribution in [0.4, 0.5) is 8.78 Å². The highest BCUT2D eigenvalue weighted by molar-refractivity contribution is 7.14. The molecule has 25 heavy (non-hydrogen) atoms. The lowest BCUT2D eigenvalue weighted by Gasteiger charge is -2.10. The summed E-state index contributed by atoms with van der Waals surface area (Å²) in [6.45, 7) is -1.01. The van der Waals surface area contributed by atoms with Gasteiger partial charge in [0.05, 0.1) is 12.0 Å². The van der Waals surface area contributed by atoms with Gasteiger partial charge in [0.1, 0.15) is 0 Å². The Morgan fingerprint density at radius 1 is 1.24 bits per heavy atom. The molecule has 0 aliphatic carbocycles. The van der Waals surface area contributed by atoms with Crippen molar-refractivity contribution >= 4 is 29.3 Å². The molecule has 0 unspecified atom stereocenters. The third-order valence-electron chi connectivity index (χ3n) is 3.28. The molecule has 0 spiro atoms. The average Bonchev–Trinajstić information content (AvgIpc) is 3.15. The Kier molecular flexibility index (Phi) is 4.80. The SMILES string of the molecule is COc1cc(/C=C2\N=C(c3ccc(C)s3)OC2=O)ccc1OC(F)F. The minimum absolute atomic E-state index is 0.0908. The summed E-state index contributed by atoms with van der Waals surface area (Å²) in [6.07, 6.45) is 1.49. The molecule has 0 saturated carbocycles. The van der Waals surface area contributed by atoms with E-state index in [1.54, 1.807) is 0 Å². The van der Waals surface area contributed by atoms with Gasteiger partial charge in [0.15, 0.2) is 17.2 Å². The molecule has 0 radical (unpaired) electrons. The van der Waals surface area contributed by atoms with E-state index in [1.807, 2.05) is 19.1 Å². The van der Waals surface area contributed by atoms with Gasteiger partial charge < -0.3 is 14.2 Å². The van der Waals surface area contributed by atoms with Crippen LogP contribution in [0.15, 0.2) is 41.0 Å². The van der Waals surface area contributed by atoms with E-state index in [1.165, 1.54) is 42.7 Å². The number of carbonyl (C=O) groups is 1. The maximum atomic E-state index is 12.4. The monoisotopic (exact) mass is 365 g/mol. The summed E-state index contributed by atoms with van der Waals surface area (Å²) in [5.41, 5.74) is 0.656. The quantitative estimate of drug-likeness (QED) is 0.593. The van der Waals surface area contributed by atoms with Gasteiger partial charge in [0, 0.05) is 4.88 Å². The highest BCUT2D eigenvalue weighted by Gasteiger charge is 2.25. The maximum absolute atomic E-state index is 12.4. The van der Waals surface area contributed by atoms with Crippen molar-refractivity contribution in [1.82, 2.24) is 0 Å². The van der Waals surface area contributed by atoms with Gasteiger partial charge in [0.25, 0.3) is 0 Å². The number of nitrogens with zero attached hydrogens (tertiary/aromatic N) is 1. The number of cyclic esters (lactones) is 1. The van der Waals surface area contributed by atoms with E-state index in [0.29, 0.717) is 5.56 Å². The lowest BCUT2D eigenvalue weighted by Crippen LogP contribution is -2.04. The third kappa shape index (κ3) is 3.85. The molecule has 0 bridgehead atoms. The molecule has 1 aliphatic heterocycles. The number of hydrogen-bond acceptors (Lipinski definition) is 6. The Morgan fingerprint density at radius 2 is 2.04 bits per heavy atom. The van der Waals surface area contributed by atoms with E-state index < -0.39 is 12.6 Å². The van der Waals surface area contributed by atoms with Crippen LogP contribution in [0.2, 0.25) is 0 Å². The van der Waals surface area contributed by atoms with Gasteiger partial charge in [0.2, 0.25) is 5.90 Å². The van der Waals surface area contributed by atoms with Crippen LogP contribution >= 0.6 is 11.3 Å². The molecule has 8 heteroatoms. The number of carbonyl (C=O) groups excluding carboxylic acids is 1. The Balaban J connectivity index is 1.89. The van der Waals surface area contributed by atoms with E-state index in [0.717, 1.165) is 9.75 Å². The van der Waals surface area contributed by atoms with Crippen molar-refractivity contribution in [3.8, 4) is 11.5 Å². The summed E-state index contributed by atoms with van der Waals surface area (Å²) in [5, 5.41) is 0. The number of halogens is 2. The summed E-state index contributed by atoms with van der Waals surface area (Å²) in [4.78, 5) is 18.0. The molecule has 1 aromatic heterocycles. The van der Waals surface area contributed by atoms with Gasteiger partial charge in [-0.1, -0.05) is 6.07 Å². The van der Waals surface area contributed by atoms with Crippen LogP contribution in [0, 0.1) is 6.92 Å². The van der Waals surface area contributed by atoms with Crippen molar-refractivity contribution in [2.45, 2.75) is 13.5 Å². The highest BCUT2D eigenvalue weighted by Crippen LogP contribution is 2.31. The molecule has 2 aromatic rings. The smallest absolute Gasteiger partial charge is 0.387 e. The molecule has 5 nitrogen and oxygen atoms in total. The van der Waals surface area contributed by atoms with Gasteiger partial charge in [-0.3, -0.25) is 0 Å². The number of aliphatic imine (C=N–C) groups is 1. The fourth-order valence-corrected chi connectivity index (χ4v) is 2.98. The number of rotatable bonds is 5. The molecule has 1 aliphatic rings. The summed E-state index contributed by atoms with van der Waals surface area (Å²) >= 11 is 1.47. The second-order valence-corrected chi connectivity index (χ2v) is 6.32. The summed E-state index contributed by atoms with van der Waals surface area (Å²) in [6, 6.07) is 8.06. The Bertz CT molecular complexity index is 873. The predicted octanol–water partition coefficient (Wildman–Crippen LogP) is 4.01. The highest BCUT2D eigenvalue weighted by atomic mass is 32.1. The van der Waals surface area contributed by atoms with Crippen LogP contribution in [0.3, 0.4) is 0 Å². The number of benzene rings is 1. The fourth-order valence-electron chi connectivity index (χ4n) is 2.19. The van der Waals surface area contributed by atoms with E-state index >= 15 is 0 Å². The second kappa shape index (κ2) is 7.02. The maximum Gasteiger partial charge on any atom is 0.387 e. The zero-order chi connectivity index (χ0) is 18.0. The van der Waals surface area contributed by atoms with Crippen molar-refractivity contribution in [3.05, 3.63) is 51.3 Å². The zero-order valence-electron chi connectivity index (χ0n) is 13.3. The van der Waals surface area contributed by atoms with Gasteiger partial charge in [-0.25, -0.2) is 9.79 Å². The number of ether oxygens (including phenoxy) is 3. The number of hydrogen-bond donors (Lipinski definition) is 0. The second-order valence-electron chi connectivity index (χ2n) is 5.04. The zero-order valence-corrected chi connectivity index (χ0v) is 14.1. The molecule has 0 fully saturated rings. The summed E-state index contributed by atoms with van der Waals surface area (Å²) in [7, 11) is 1.34. The molecular formula is C17H13F2NO4S. The Hall–Kier alpha value is -2.74. The van der Waals surface area contributed by atoms with Gasteiger partial charge in [-0.2, -0.15) is 8.78 Å². The third-order valence-corrected chi connectivity index (χ3v) is 4.27. The van der Waals surface area contributed by atoms with Gasteiger partial charge in [-0.15, -0.1) is 11.3 Å². The summed E-state index contributed by atoms with van der Waals surface area (Å²) in [5.74, 6) is -0.294. The van der Waals surface area contributed by atoms with E-state index in [9.17, 15) is 13.6 Å². The molecular weight excluding hydrogens is 352 g/mol. The van der Waals surface area contributed by atoms with Crippen molar-refractivity contribution in [3.63, 3.8) is 0 Å². The molecule has 0 amide bonds. The van der Waals surface area contributed by atoms with Crippen LogP contribution < -0.4 is 9.47 Å². The van der Waals surface area contributed by atoms with E-state index in [-0.39, 0.29) is 23.1 Å². The normalized spacial score (nSPS) is 15.5. The molecule has 2 heterocycles. The largest absolute Gasteiger partial charge is 0.493 e. The minimum Gasteiger partial charge on any atom is -0.493 e. The van der Waals surface area contributed by atoms with Gasteiger partial charge >= 0.3 is 12.6 Å². The number of aryl methyl sites for hydroxylation is 1. The first kappa shape index (κ1) is 17.1. The molecule has 1 aromatic carbocycles. The standard InChI is InChI=1S/C17H13F2NO4S/c1-9-3-6-14(25-9)15-20-11(16(21)24-15)7-10-4-5-12(23-17(18)19)13(8-10)22-2/h3-8,17H,1-2H3/b11-7-. The van der Waals surface area contributed by atoms with E-state index in [2.05, 4.69) is 9.73 Å². The first-order valence-electron chi connectivity index (χ1n) is 7.18. The topological polar surface area (TPSA) is 57.1 Å². The summed E-state index contributed by atoms with van der Waals surface area (Å²) < 4.78 is 39.3. The molecule has 0 N–H and O–H groups in total. The molecule has 0 atom stereocenters. The first-order valence-corrected chi connectivity index (χ1v) is 8.00. The number of thiophene rings is 1.